The van der Waals surface area contributed by atoms with Crippen molar-refractivity contribution in [3.8, 4) is 11.5 Å². The summed E-state index contributed by atoms with van der Waals surface area (Å²) in [5, 5.41) is 8.00. The van der Waals surface area contributed by atoms with Crippen LogP contribution in [0.5, 0.6) is 11.5 Å². The molecule has 6 heteroatoms. The number of rotatable bonds is 6. The second-order valence-corrected chi connectivity index (χ2v) is 7.03. The second-order valence-electron chi connectivity index (χ2n) is 6.07. The van der Waals surface area contributed by atoms with E-state index in [-0.39, 0.29) is 6.03 Å². The Hall–Kier alpha value is -2.21. The number of fused-ring (bicyclic) bond motifs is 1. The molecule has 2 amide bonds. The van der Waals surface area contributed by atoms with Crippen molar-refractivity contribution in [3.63, 3.8) is 0 Å². The summed E-state index contributed by atoms with van der Waals surface area (Å²) in [5.74, 6) is 1.26. The summed E-state index contributed by atoms with van der Waals surface area (Å²) in [6.45, 7) is 0.619. The van der Waals surface area contributed by atoms with Crippen LogP contribution in [-0.2, 0) is 19.3 Å². The van der Waals surface area contributed by atoms with Gasteiger partial charge >= 0.3 is 6.03 Å². The van der Waals surface area contributed by atoms with Gasteiger partial charge in [0.25, 0.3) is 0 Å². The SMILES string of the molecule is COc1ccc(NC(=O)NCCc2csc3c2CCCC3)c(OC)c1. The van der Waals surface area contributed by atoms with Crippen molar-refractivity contribution in [3.05, 3.63) is 39.6 Å². The highest BCUT2D eigenvalue weighted by molar-refractivity contribution is 7.10. The fourth-order valence-corrected chi connectivity index (χ4v) is 4.33. The third kappa shape index (κ3) is 4.25. The van der Waals surface area contributed by atoms with E-state index in [1.165, 1.54) is 41.7 Å². The standard InChI is InChI=1S/C19H24N2O3S/c1-23-14-7-8-16(17(11-14)24-2)21-19(22)20-10-9-13-12-25-18-6-4-3-5-15(13)18/h7-8,11-12H,3-6,9-10H2,1-2H3,(H2,20,21,22). The molecule has 0 saturated heterocycles. The number of methoxy groups -OCH3 is 2. The molecule has 0 radical (unpaired) electrons. The molecule has 1 heterocycles. The topological polar surface area (TPSA) is 59.6 Å². The number of carbonyl (C=O) groups excluding carboxylic acids is 1. The third-order valence-electron chi connectivity index (χ3n) is 4.49. The van der Waals surface area contributed by atoms with E-state index in [2.05, 4.69) is 16.0 Å². The molecule has 0 spiro atoms. The van der Waals surface area contributed by atoms with Crippen LogP contribution in [0.3, 0.4) is 0 Å². The van der Waals surface area contributed by atoms with Gasteiger partial charge in [0.05, 0.1) is 19.9 Å². The number of anilines is 1. The zero-order valence-electron chi connectivity index (χ0n) is 14.7. The van der Waals surface area contributed by atoms with E-state index in [0.717, 1.165) is 6.42 Å². The maximum Gasteiger partial charge on any atom is 0.319 e. The number of carbonyl (C=O) groups is 1. The summed E-state index contributed by atoms with van der Waals surface area (Å²) in [6.07, 6.45) is 5.85. The Morgan fingerprint density at radius 2 is 2.04 bits per heavy atom. The van der Waals surface area contributed by atoms with Gasteiger partial charge in [-0.25, -0.2) is 4.79 Å². The van der Waals surface area contributed by atoms with E-state index < -0.39 is 0 Å². The van der Waals surface area contributed by atoms with Crippen LogP contribution < -0.4 is 20.1 Å². The summed E-state index contributed by atoms with van der Waals surface area (Å²) >= 11 is 1.87. The molecule has 0 saturated carbocycles. The number of thiophene rings is 1. The van der Waals surface area contributed by atoms with Crippen LogP contribution >= 0.6 is 11.3 Å². The van der Waals surface area contributed by atoms with Gasteiger partial charge in [0.1, 0.15) is 11.5 Å². The molecule has 2 N–H and O–H groups in total. The van der Waals surface area contributed by atoms with Crippen LogP contribution in [0.15, 0.2) is 23.6 Å². The van der Waals surface area contributed by atoms with Gasteiger partial charge in [-0.3, -0.25) is 0 Å². The highest BCUT2D eigenvalue weighted by Crippen LogP contribution is 2.30. The number of hydrogen-bond donors (Lipinski definition) is 2. The third-order valence-corrected chi connectivity index (χ3v) is 5.62. The molecule has 2 aromatic rings. The first-order valence-corrected chi connectivity index (χ1v) is 9.44. The normalized spacial score (nSPS) is 13.0. The largest absolute Gasteiger partial charge is 0.497 e. The van der Waals surface area contributed by atoms with Crippen LogP contribution in [0.4, 0.5) is 10.5 Å². The Morgan fingerprint density at radius 3 is 2.84 bits per heavy atom. The summed E-state index contributed by atoms with van der Waals surface area (Å²) in [4.78, 5) is 13.7. The first-order chi connectivity index (χ1) is 12.2. The van der Waals surface area contributed by atoms with Crippen molar-refractivity contribution >= 4 is 23.1 Å². The van der Waals surface area contributed by atoms with Crippen molar-refractivity contribution < 1.29 is 14.3 Å². The Morgan fingerprint density at radius 1 is 1.20 bits per heavy atom. The predicted molar refractivity (Wildman–Crippen MR) is 101 cm³/mol. The van der Waals surface area contributed by atoms with Crippen LogP contribution in [-0.4, -0.2) is 26.8 Å². The Kier molecular flexibility index (Phi) is 5.81. The molecular weight excluding hydrogens is 336 g/mol. The molecule has 0 aliphatic heterocycles. The average Bonchev–Trinajstić information content (AvgIpc) is 3.05. The van der Waals surface area contributed by atoms with Crippen LogP contribution in [0.2, 0.25) is 0 Å². The zero-order chi connectivity index (χ0) is 17.6. The maximum absolute atomic E-state index is 12.1. The predicted octanol–water partition coefficient (Wildman–Crippen LogP) is 4.01. The minimum absolute atomic E-state index is 0.229. The van der Waals surface area contributed by atoms with Gasteiger partial charge in [-0.15, -0.1) is 11.3 Å². The monoisotopic (exact) mass is 360 g/mol. The van der Waals surface area contributed by atoms with Crippen LogP contribution in [0.25, 0.3) is 0 Å². The summed E-state index contributed by atoms with van der Waals surface area (Å²) in [6, 6.07) is 5.07. The average molecular weight is 360 g/mol. The second kappa shape index (κ2) is 8.25. The van der Waals surface area contributed by atoms with Gasteiger partial charge in [0.2, 0.25) is 0 Å². The highest BCUT2D eigenvalue weighted by atomic mass is 32.1. The van der Waals surface area contributed by atoms with E-state index in [9.17, 15) is 4.79 Å². The number of amides is 2. The number of urea groups is 1. The summed E-state index contributed by atoms with van der Waals surface area (Å²) in [5.41, 5.74) is 3.53. The zero-order valence-corrected chi connectivity index (χ0v) is 15.5. The van der Waals surface area contributed by atoms with E-state index in [4.69, 9.17) is 9.47 Å². The van der Waals surface area contributed by atoms with Gasteiger partial charge in [-0.1, -0.05) is 0 Å². The quantitative estimate of drug-likeness (QED) is 0.818. The summed E-state index contributed by atoms with van der Waals surface area (Å²) in [7, 11) is 3.16. The minimum atomic E-state index is -0.229. The Labute approximate surface area is 152 Å². The fraction of sp³-hybridized carbons (Fsp3) is 0.421. The van der Waals surface area contributed by atoms with Gasteiger partial charge in [-0.05, 0) is 60.7 Å². The van der Waals surface area contributed by atoms with Gasteiger partial charge in [0.15, 0.2) is 0 Å². The smallest absolute Gasteiger partial charge is 0.319 e. The molecule has 134 valence electrons. The number of hydrogen-bond acceptors (Lipinski definition) is 4. The lowest BCUT2D eigenvalue weighted by molar-refractivity contribution is 0.252. The first kappa shape index (κ1) is 17.6. The minimum Gasteiger partial charge on any atom is -0.497 e. The lowest BCUT2D eigenvalue weighted by atomic mass is 9.95. The van der Waals surface area contributed by atoms with Gasteiger partial charge in [-0.2, -0.15) is 0 Å². The van der Waals surface area contributed by atoms with Crippen molar-refractivity contribution in [1.29, 1.82) is 0 Å². The molecule has 1 aromatic heterocycles. The van der Waals surface area contributed by atoms with Crippen molar-refractivity contribution in [2.24, 2.45) is 0 Å². The number of ether oxygens (including phenoxy) is 2. The molecule has 1 aliphatic rings. The first-order valence-electron chi connectivity index (χ1n) is 8.56. The Balaban J connectivity index is 1.52. The molecule has 0 bridgehead atoms. The van der Waals surface area contributed by atoms with Gasteiger partial charge in [0, 0.05) is 17.5 Å². The molecule has 0 unspecified atom stereocenters. The van der Waals surface area contributed by atoms with Gasteiger partial charge < -0.3 is 20.1 Å². The fourth-order valence-electron chi connectivity index (χ4n) is 3.15. The van der Waals surface area contributed by atoms with Crippen LogP contribution in [0, 0.1) is 0 Å². The molecule has 0 fully saturated rings. The van der Waals surface area contributed by atoms with Crippen molar-refractivity contribution in [1.82, 2.24) is 5.32 Å². The summed E-state index contributed by atoms with van der Waals surface area (Å²) < 4.78 is 10.5. The highest BCUT2D eigenvalue weighted by Gasteiger charge is 2.15. The molecule has 1 aromatic carbocycles. The number of benzene rings is 1. The van der Waals surface area contributed by atoms with E-state index in [0.29, 0.717) is 23.7 Å². The van der Waals surface area contributed by atoms with Crippen molar-refractivity contribution in [2.75, 3.05) is 26.1 Å². The van der Waals surface area contributed by atoms with E-state index >= 15 is 0 Å². The number of aryl methyl sites for hydroxylation is 1. The lowest BCUT2D eigenvalue weighted by Gasteiger charge is -2.14. The molecule has 25 heavy (non-hydrogen) atoms. The van der Waals surface area contributed by atoms with Crippen LogP contribution in [0.1, 0.15) is 28.8 Å². The molecule has 3 rings (SSSR count). The molecule has 0 atom stereocenters. The number of nitrogens with one attached hydrogen (secondary N) is 2. The molecule has 1 aliphatic carbocycles. The molecular formula is C19H24N2O3S. The van der Waals surface area contributed by atoms with E-state index in [1.807, 2.05) is 11.3 Å². The Bertz CT molecular complexity index is 742. The molecule has 5 nitrogen and oxygen atoms in total. The lowest BCUT2D eigenvalue weighted by Crippen LogP contribution is -2.30. The van der Waals surface area contributed by atoms with E-state index in [1.54, 1.807) is 32.4 Å². The maximum atomic E-state index is 12.1. The van der Waals surface area contributed by atoms with Crippen molar-refractivity contribution in [2.45, 2.75) is 32.1 Å².